The predicted octanol–water partition coefficient (Wildman–Crippen LogP) is 6.19. The van der Waals surface area contributed by atoms with Crippen LogP contribution in [0.1, 0.15) is 75.9 Å². The van der Waals surface area contributed by atoms with Gasteiger partial charge >= 0.3 is 11.9 Å². The lowest BCUT2D eigenvalue weighted by molar-refractivity contribution is -0.146. The molecular weight excluding hydrogens is 569 g/mol. The monoisotopic (exact) mass is 617 g/mol. The number of methoxy groups -OCH3 is 1. The maximum atomic E-state index is 15.4. The first-order chi connectivity index (χ1) is 20.9. The zero-order chi connectivity index (χ0) is 30.6. The summed E-state index contributed by atoms with van der Waals surface area (Å²) in [5.41, 5.74) is 1.34. The number of hydrogen-bond donors (Lipinski definition) is 3. The van der Waals surface area contributed by atoms with Crippen LogP contribution in [0.4, 0.5) is 4.39 Å². The van der Waals surface area contributed by atoms with Crippen molar-refractivity contribution in [2.45, 2.75) is 75.6 Å². The van der Waals surface area contributed by atoms with Crippen LogP contribution in [0.2, 0.25) is 0 Å². The number of carboxylic acids is 2. The highest BCUT2D eigenvalue weighted by molar-refractivity contribution is 7.99. The second kappa shape index (κ2) is 17.2. The number of piperidine rings is 2. The van der Waals surface area contributed by atoms with E-state index in [2.05, 4.69) is 27.0 Å². The van der Waals surface area contributed by atoms with Crippen LogP contribution in [-0.2, 0) is 9.59 Å². The Morgan fingerprint density at radius 3 is 2.60 bits per heavy atom. The average Bonchev–Trinajstić information content (AvgIpc) is 3.04. The number of nitrogens with zero attached hydrogens (tertiary/aromatic N) is 2. The van der Waals surface area contributed by atoms with E-state index in [9.17, 15) is 14.7 Å². The number of aliphatic carboxylic acids is 2. The van der Waals surface area contributed by atoms with Crippen molar-refractivity contribution in [3.05, 3.63) is 36.0 Å². The van der Waals surface area contributed by atoms with Gasteiger partial charge in [0.2, 0.25) is 0 Å². The maximum Gasteiger partial charge on any atom is 0.308 e. The molecule has 238 valence electrons. The molecule has 4 atom stereocenters. The Morgan fingerprint density at radius 2 is 1.93 bits per heavy atom. The molecule has 0 radical (unpaired) electrons. The molecule has 5 rings (SSSR count). The molecule has 0 bridgehead atoms. The highest BCUT2D eigenvalue weighted by Gasteiger charge is 2.34. The van der Waals surface area contributed by atoms with Gasteiger partial charge in [0.15, 0.2) is 0 Å². The molecule has 3 heterocycles. The summed E-state index contributed by atoms with van der Waals surface area (Å²) in [6, 6.07) is 7.22. The molecular formula is C33H48FN3O5S. The summed E-state index contributed by atoms with van der Waals surface area (Å²) in [6.45, 7) is 4.07. The topological polar surface area (TPSA) is 112 Å². The molecule has 3 N–H and O–H groups in total. The van der Waals surface area contributed by atoms with E-state index in [1.165, 1.54) is 32.1 Å². The van der Waals surface area contributed by atoms with Crippen molar-refractivity contribution < 1.29 is 28.9 Å². The van der Waals surface area contributed by atoms with Crippen LogP contribution in [-0.4, -0.2) is 82.9 Å². The third kappa shape index (κ3) is 10.0. The second-order valence-electron chi connectivity index (χ2n) is 12.1. The van der Waals surface area contributed by atoms with E-state index in [-0.39, 0.29) is 11.8 Å². The molecule has 3 fully saturated rings. The third-order valence-corrected chi connectivity index (χ3v) is 10.6. The summed E-state index contributed by atoms with van der Waals surface area (Å²) in [4.78, 5) is 29.0. The van der Waals surface area contributed by atoms with Gasteiger partial charge < -0.3 is 25.2 Å². The Bertz CT molecular complexity index is 1170. The zero-order valence-corrected chi connectivity index (χ0v) is 26.2. The van der Waals surface area contributed by atoms with E-state index in [4.69, 9.17) is 9.84 Å². The first-order valence-electron chi connectivity index (χ1n) is 15.9. The van der Waals surface area contributed by atoms with Crippen LogP contribution in [0.25, 0.3) is 10.9 Å². The van der Waals surface area contributed by atoms with Crippen molar-refractivity contribution in [2.75, 3.05) is 45.6 Å². The van der Waals surface area contributed by atoms with Crippen molar-refractivity contribution in [3.8, 4) is 5.75 Å². The van der Waals surface area contributed by atoms with E-state index in [1.54, 1.807) is 19.4 Å². The molecule has 43 heavy (non-hydrogen) atoms. The fourth-order valence-electron chi connectivity index (χ4n) is 6.60. The van der Waals surface area contributed by atoms with Gasteiger partial charge in [-0.15, -0.1) is 0 Å². The van der Waals surface area contributed by atoms with Crippen molar-refractivity contribution >= 4 is 34.6 Å². The predicted molar refractivity (Wildman–Crippen MR) is 170 cm³/mol. The lowest BCUT2D eigenvalue weighted by Crippen LogP contribution is -2.44. The van der Waals surface area contributed by atoms with E-state index in [0.29, 0.717) is 37.2 Å². The fourth-order valence-corrected chi connectivity index (χ4v) is 7.97. The van der Waals surface area contributed by atoms with Crippen LogP contribution >= 0.6 is 11.8 Å². The number of hydrogen-bond acceptors (Lipinski definition) is 7. The molecule has 2 aliphatic heterocycles. The van der Waals surface area contributed by atoms with Gasteiger partial charge in [0, 0.05) is 42.2 Å². The zero-order valence-electron chi connectivity index (χ0n) is 25.4. The van der Waals surface area contributed by atoms with E-state index in [0.717, 1.165) is 60.8 Å². The van der Waals surface area contributed by atoms with Crippen LogP contribution < -0.4 is 10.1 Å². The Labute approximate surface area is 259 Å². The van der Waals surface area contributed by atoms with Gasteiger partial charge in [-0.25, -0.2) is 4.39 Å². The molecule has 8 nitrogen and oxygen atoms in total. The molecule has 0 spiro atoms. The number of alkyl halides is 1. The quantitative estimate of drug-likeness (QED) is 0.272. The van der Waals surface area contributed by atoms with Crippen molar-refractivity contribution in [3.63, 3.8) is 0 Å². The molecule has 3 aliphatic rings. The minimum atomic E-state index is -1.16. The SMILES string of the molecule is COc1ccc2nccc(C(F)CC[C@@H]3CCN(CCSC4CCCCC4)C[C@@H]3C(=O)O)c2c1.O=C(O)C1CCCNC1. The summed E-state index contributed by atoms with van der Waals surface area (Å²) in [5.74, 6) is -0.207. The van der Waals surface area contributed by atoms with E-state index in [1.807, 2.05) is 18.2 Å². The summed E-state index contributed by atoms with van der Waals surface area (Å²) >= 11 is 2.06. The maximum absolute atomic E-state index is 15.4. The number of nitrogens with one attached hydrogen (secondary N) is 1. The van der Waals surface area contributed by atoms with Crippen molar-refractivity contribution in [2.24, 2.45) is 17.8 Å². The molecule has 2 unspecified atom stereocenters. The number of rotatable bonds is 11. The van der Waals surface area contributed by atoms with E-state index >= 15 is 4.39 Å². The number of fused-ring (bicyclic) bond motifs is 1. The summed E-state index contributed by atoms with van der Waals surface area (Å²) in [6.07, 6.45) is 10.8. The van der Waals surface area contributed by atoms with Crippen LogP contribution in [0.3, 0.4) is 0 Å². The first kappa shape index (κ1) is 33.5. The molecule has 2 aromatic rings. The third-order valence-electron chi connectivity index (χ3n) is 9.23. The number of benzene rings is 1. The Balaban J connectivity index is 0.000000403. The Kier molecular flexibility index (Phi) is 13.4. The number of carbonyl (C=O) groups is 2. The first-order valence-corrected chi connectivity index (χ1v) is 17.0. The Morgan fingerprint density at radius 1 is 1.12 bits per heavy atom. The van der Waals surface area contributed by atoms with Crippen molar-refractivity contribution in [1.29, 1.82) is 0 Å². The minimum absolute atomic E-state index is 0.0145. The largest absolute Gasteiger partial charge is 0.497 e. The standard InChI is InChI=1S/C27H37FN2O3S.C6H11NO2/c1-33-20-8-10-26-23(17-20)22(11-13-29-26)25(28)9-7-19-12-14-30(18-24(19)27(31)32)15-16-34-21-5-3-2-4-6-21;8-6(9)5-2-1-3-7-4-5/h8,10-11,13,17,19,21,24-25H,2-7,9,12,14-16,18H2,1H3,(H,31,32);5,7H,1-4H2,(H,8,9)/t19-,24+,25?;/m1./s1. The van der Waals surface area contributed by atoms with Gasteiger partial charge in [-0.1, -0.05) is 19.3 Å². The summed E-state index contributed by atoms with van der Waals surface area (Å²) < 4.78 is 20.7. The van der Waals surface area contributed by atoms with Gasteiger partial charge in [0.05, 0.1) is 24.5 Å². The lowest BCUT2D eigenvalue weighted by atomic mass is 9.81. The summed E-state index contributed by atoms with van der Waals surface area (Å²) in [5, 5.41) is 23.0. The normalized spacial score (nSPS) is 24.1. The van der Waals surface area contributed by atoms with Gasteiger partial charge in [-0.2, -0.15) is 11.8 Å². The number of likely N-dealkylation sites (tertiary alicyclic amines) is 1. The minimum Gasteiger partial charge on any atom is -0.497 e. The average molecular weight is 618 g/mol. The highest BCUT2D eigenvalue weighted by Crippen LogP contribution is 2.36. The number of thioether (sulfide) groups is 1. The fraction of sp³-hybridized carbons (Fsp3) is 0.667. The van der Waals surface area contributed by atoms with Crippen LogP contribution in [0.15, 0.2) is 30.5 Å². The van der Waals surface area contributed by atoms with Gasteiger partial charge in [0.1, 0.15) is 11.9 Å². The number of pyridine rings is 1. The molecule has 10 heteroatoms. The number of carboxylic acid groups (broad SMARTS) is 2. The number of ether oxygens (including phenoxy) is 1. The van der Waals surface area contributed by atoms with Crippen LogP contribution in [0, 0.1) is 17.8 Å². The molecule has 2 saturated heterocycles. The van der Waals surface area contributed by atoms with E-state index < -0.39 is 24.0 Å². The molecule has 1 aromatic heterocycles. The molecule has 1 saturated carbocycles. The Hall–Kier alpha value is -2.43. The highest BCUT2D eigenvalue weighted by atomic mass is 32.2. The van der Waals surface area contributed by atoms with Crippen LogP contribution in [0.5, 0.6) is 5.75 Å². The van der Waals surface area contributed by atoms with Crippen molar-refractivity contribution in [1.82, 2.24) is 15.2 Å². The molecule has 1 aromatic carbocycles. The smallest absolute Gasteiger partial charge is 0.308 e. The second-order valence-corrected chi connectivity index (χ2v) is 13.5. The summed E-state index contributed by atoms with van der Waals surface area (Å²) in [7, 11) is 1.59. The number of halogens is 1. The molecule has 1 aliphatic carbocycles. The number of aromatic nitrogens is 1. The van der Waals surface area contributed by atoms with Gasteiger partial charge in [-0.05, 0) is 93.8 Å². The van der Waals surface area contributed by atoms with Gasteiger partial charge in [-0.3, -0.25) is 14.6 Å². The lowest BCUT2D eigenvalue weighted by Gasteiger charge is -2.37. The van der Waals surface area contributed by atoms with Gasteiger partial charge in [0.25, 0.3) is 0 Å². The molecule has 0 amide bonds.